The van der Waals surface area contributed by atoms with Gasteiger partial charge in [-0.25, -0.2) is 18.7 Å². The van der Waals surface area contributed by atoms with E-state index in [1.54, 1.807) is 12.1 Å². The van der Waals surface area contributed by atoms with Gasteiger partial charge in [-0.15, -0.1) is 0 Å². The third-order valence-electron chi connectivity index (χ3n) is 3.68. The highest BCUT2D eigenvalue weighted by molar-refractivity contribution is 5.59. The standard InChI is InChI=1S/C16H19F2N3/c1-9(2)16(17,18)13-7-5-12(6-8-13)15-20-11(4)10(3)14(19)21-15/h5-9H,1-4H3,(H2,19,20,21). The third kappa shape index (κ3) is 2.86. The molecule has 2 aromatic rings. The fourth-order valence-corrected chi connectivity index (χ4v) is 1.95. The van der Waals surface area contributed by atoms with Crippen molar-refractivity contribution in [2.75, 3.05) is 5.73 Å². The lowest BCUT2D eigenvalue weighted by molar-refractivity contribution is -0.0513. The average molecular weight is 291 g/mol. The molecule has 0 amide bonds. The number of benzene rings is 1. The Balaban J connectivity index is 2.40. The van der Waals surface area contributed by atoms with Gasteiger partial charge >= 0.3 is 0 Å². The van der Waals surface area contributed by atoms with Crippen molar-refractivity contribution >= 4 is 5.82 Å². The van der Waals surface area contributed by atoms with Gasteiger partial charge in [0.1, 0.15) is 5.82 Å². The van der Waals surface area contributed by atoms with Gasteiger partial charge in [0.2, 0.25) is 0 Å². The van der Waals surface area contributed by atoms with Gasteiger partial charge in [-0.3, -0.25) is 0 Å². The SMILES string of the molecule is Cc1nc(-c2ccc(C(F)(F)C(C)C)cc2)nc(N)c1C. The molecule has 1 heterocycles. The maximum atomic E-state index is 13.9. The molecule has 2 rings (SSSR count). The van der Waals surface area contributed by atoms with E-state index < -0.39 is 11.8 Å². The van der Waals surface area contributed by atoms with Crippen LogP contribution < -0.4 is 5.73 Å². The molecule has 0 aliphatic rings. The van der Waals surface area contributed by atoms with Gasteiger partial charge in [0.25, 0.3) is 5.92 Å². The second kappa shape index (κ2) is 5.39. The van der Waals surface area contributed by atoms with Crippen LogP contribution in [0.15, 0.2) is 24.3 Å². The molecular formula is C16H19F2N3. The Bertz CT molecular complexity index is 626. The molecular weight excluding hydrogens is 272 g/mol. The van der Waals surface area contributed by atoms with Crippen LogP contribution in [0.2, 0.25) is 0 Å². The summed E-state index contributed by atoms with van der Waals surface area (Å²) in [5, 5.41) is 0. The van der Waals surface area contributed by atoms with Crippen LogP contribution in [0.3, 0.4) is 0 Å². The zero-order valence-electron chi connectivity index (χ0n) is 12.6. The Hall–Kier alpha value is -2.04. The maximum absolute atomic E-state index is 13.9. The van der Waals surface area contributed by atoms with Gasteiger partial charge in [-0.2, -0.15) is 0 Å². The van der Waals surface area contributed by atoms with E-state index in [1.165, 1.54) is 26.0 Å². The van der Waals surface area contributed by atoms with Gasteiger partial charge in [-0.1, -0.05) is 38.1 Å². The highest BCUT2D eigenvalue weighted by Gasteiger charge is 2.35. The molecule has 112 valence electrons. The zero-order valence-corrected chi connectivity index (χ0v) is 12.6. The lowest BCUT2D eigenvalue weighted by Gasteiger charge is -2.20. The van der Waals surface area contributed by atoms with Crippen molar-refractivity contribution in [3.63, 3.8) is 0 Å². The number of hydrogen-bond acceptors (Lipinski definition) is 3. The van der Waals surface area contributed by atoms with Crippen LogP contribution >= 0.6 is 0 Å². The Morgan fingerprint density at radius 1 is 1.05 bits per heavy atom. The summed E-state index contributed by atoms with van der Waals surface area (Å²) in [6, 6.07) is 6.05. The van der Waals surface area contributed by atoms with Crippen LogP contribution in [0, 0.1) is 19.8 Å². The van der Waals surface area contributed by atoms with Crippen molar-refractivity contribution in [3.8, 4) is 11.4 Å². The minimum atomic E-state index is -2.85. The normalized spacial score (nSPS) is 12.0. The summed E-state index contributed by atoms with van der Waals surface area (Å²) in [5.74, 6) is -2.73. The predicted molar refractivity (Wildman–Crippen MR) is 80.1 cm³/mol. The summed E-state index contributed by atoms with van der Waals surface area (Å²) in [5.41, 5.74) is 8.12. The summed E-state index contributed by atoms with van der Waals surface area (Å²) in [7, 11) is 0. The lowest BCUT2D eigenvalue weighted by Crippen LogP contribution is -2.20. The second-order valence-electron chi connectivity index (χ2n) is 5.50. The summed E-state index contributed by atoms with van der Waals surface area (Å²) in [6.07, 6.45) is 0. The van der Waals surface area contributed by atoms with Crippen molar-refractivity contribution in [3.05, 3.63) is 41.1 Å². The molecule has 0 unspecified atom stereocenters. The summed E-state index contributed by atoms with van der Waals surface area (Å²) in [4.78, 5) is 8.56. The third-order valence-corrected chi connectivity index (χ3v) is 3.68. The van der Waals surface area contributed by atoms with Gasteiger partial charge < -0.3 is 5.73 Å². The highest BCUT2D eigenvalue weighted by atomic mass is 19.3. The van der Waals surface area contributed by atoms with Crippen LogP contribution in [0.1, 0.15) is 30.7 Å². The number of nitrogens with zero attached hydrogens (tertiary/aromatic N) is 2. The summed E-state index contributed by atoms with van der Waals surface area (Å²) in [6.45, 7) is 6.70. The smallest absolute Gasteiger partial charge is 0.275 e. The fraction of sp³-hybridized carbons (Fsp3) is 0.375. The number of nitrogens with two attached hydrogens (primary N) is 1. The van der Waals surface area contributed by atoms with Gasteiger partial charge in [0.15, 0.2) is 5.82 Å². The van der Waals surface area contributed by atoms with E-state index in [4.69, 9.17) is 5.73 Å². The van der Waals surface area contributed by atoms with E-state index in [0.29, 0.717) is 17.2 Å². The molecule has 3 nitrogen and oxygen atoms in total. The quantitative estimate of drug-likeness (QED) is 0.926. The lowest BCUT2D eigenvalue weighted by atomic mass is 9.97. The molecule has 0 saturated heterocycles. The number of aryl methyl sites for hydroxylation is 1. The zero-order chi connectivity index (χ0) is 15.8. The molecule has 0 bridgehead atoms. The molecule has 1 aromatic heterocycles. The van der Waals surface area contributed by atoms with Gasteiger partial charge in [0.05, 0.1) is 0 Å². The molecule has 0 aliphatic carbocycles. The van der Waals surface area contributed by atoms with Crippen molar-refractivity contribution in [2.45, 2.75) is 33.6 Å². The molecule has 0 radical (unpaired) electrons. The minimum Gasteiger partial charge on any atom is -0.383 e. The van der Waals surface area contributed by atoms with Crippen LogP contribution in [-0.2, 0) is 5.92 Å². The Labute approximate surface area is 123 Å². The van der Waals surface area contributed by atoms with E-state index in [2.05, 4.69) is 9.97 Å². The van der Waals surface area contributed by atoms with E-state index in [9.17, 15) is 8.78 Å². The number of alkyl halides is 2. The van der Waals surface area contributed by atoms with Crippen LogP contribution in [-0.4, -0.2) is 9.97 Å². The molecule has 0 aliphatic heterocycles. The first-order chi connectivity index (χ1) is 9.73. The molecule has 2 N–H and O–H groups in total. The first kappa shape index (κ1) is 15.4. The van der Waals surface area contributed by atoms with Crippen LogP contribution in [0.25, 0.3) is 11.4 Å². The minimum absolute atomic E-state index is 0.00180. The molecule has 1 aromatic carbocycles. The van der Waals surface area contributed by atoms with Gasteiger partial charge in [-0.05, 0) is 13.8 Å². The molecule has 21 heavy (non-hydrogen) atoms. The van der Waals surface area contributed by atoms with Crippen LogP contribution in [0.5, 0.6) is 0 Å². The van der Waals surface area contributed by atoms with Crippen LogP contribution in [0.4, 0.5) is 14.6 Å². The predicted octanol–water partition coefficient (Wildman–Crippen LogP) is 4.09. The van der Waals surface area contributed by atoms with E-state index >= 15 is 0 Å². The Morgan fingerprint density at radius 2 is 1.62 bits per heavy atom. The van der Waals surface area contributed by atoms with E-state index in [-0.39, 0.29) is 5.56 Å². The first-order valence-corrected chi connectivity index (χ1v) is 6.83. The molecule has 0 fully saturated rings. The highest BCUT2D eigenvalue weighted by Crippen LogP contribution is 2.36. The topological polar surface area (TPSA) is 51.8 Å². The molecule has 0 saturated carbocycles. The average Bonchev–Trinajstić information content (AvgIpc) is 2.44. The summed E-state index contributed by atoms with van der Waals surface area (Å²) < 4.78 is 27.9. The molecule has 5 heteroatoms. The number of halogens is 2. The molecule has 0 atom stereocenters. The molecule has 0 spiro atoms. The maximum Gasteiger partial charge on any atom is 0.275 e. The Morgan fingerprint density at radius 3 is 2.10 bits per heavy atom. The largest absolute Gasteiger partial charge is 0.383 e. The second-order valence-corrected chi connectivity index (χ2v) is 5.50. The summed E-state index contributed by atoms with van der Waals surface area (Å²) >= 11 is 0. The number of nitrogen functional groups attached to an aromatic ring is 1. The Kier molecular flexibility index (Phi) is 3.94. The van der Waals surface area contributed by atoms with Gasteiger partial charge in [0, 0.05) is 28.3 Å². The number of hydrogen-bond donors (Lipinski definition) is 1. The van der Waals surface area contributed by atoms with Crippen molar-refractivity contribution in [1.29, 1.82) is 0 Å². The van der Waals surface area contributed by atoms with Crippen molar-refractivity contribution < 1.29 is 8.78 Å². The van der Waals surface area contributed by atoms with Crippen molar-refractivity contribution in [2.24, 2.45) is 5.92 Å². The first-order valence-electron chi connectivity index (χ1n) is 6.83. The fourth-order valence-electron chi connectivity index (χ4n) is 1.95. The monoisotopic (exact) mass is 291 g/mol. The van der Waals surface area contributed by atoms with E-state index in [1.807, 2.05) is 13.8 Å². The van der Waals surface area contributed by atoms with Crippen molar-refractivity contribution in [1.82, 2.24) is 9.97 Å². The number of anilines is 1. The number of aromatic nitrogens is 2. The van der Waals surface area contributed by atoms with E-state index in [0.717, 1.165) is 11.3 Å². The number of rotatable bonds is 3.